The van der Waals surface area contributed by atoms with Crippen LogP contribution in [0, 0.1) is 0 Å². The Balaban J connectivity index is 2.86. The quantitative estimate of drug-likeness (QED) is 0.0356. The van der Waals surface area contributed by atoms with Gasteiger partial charge in [0.25, 0.3) is 0 Å². The molecule has 316 valence electrons. The van der Waals surface area contributed by atoms with Crippen LogP contribution >= 0.6 is 7.82 Å². The lowest BCUT2D eigenvalue weighted by Gasteiger charge is -2.45. The zero-order valence-corrected chi connectivity index (χ0v) is 35.3. The predicted octanol–water partition coefficient (Wildman–Crippen LogP) is 9.92. The van der Waals surface area contributed by atoms with Crippen LogP contribution in [0.15, 0.2) is 37.5 Å². The topological polar surface area (TPSA) is 131 Å². The van der Waals surface area contributed by atoms with E-state index in [1.807, 2.05) is 0 Å². The average molecular weight is 788 g/mol. The van der Waals surface area contributed by atoms with E-state index < -0.39 is 38.5 Å². The molecule has 6 atom stereocenters. The Morgan fingerprint density at radius 2 is 1.35 bits per heavy atom. The van der Waals surface area contributed by atoms with Crippen molar-refractivity contribution in [1.29, 1.82) is 0 Å². The molecule has 3 unspecified atom stereocenters. The summed E-state index contributed by atoms with van der Waals surface area (Å²) in [6, 6.07) is -1.02. The molecule has 1 saturated heterocycles. The number of aliphatic hydroxyl groups is 1. The van der Waals surface area contributed by atoms with Crippen molar-refractivity contribution in [2.24, 2.45) is 0 Å². The molecule has 1 aliphatic heterocycles. The minimum atomic E-state index is -4.21. The maximum atomic E-state index is 13.8. The van der Waals surface area contributed by atoms with Gasteiger partial charge >= 0.3 is 7.82 Å². The Bertz CT molecular complexity index is 998. The Morgan fingerprint density at radius 3 is 1.93 bits per heavy atom. The molecule has 11 nitrogen and oxygen atoms in total. The highest BCUT2D eigenvalue weighted by Crippen LogP contribution is 2.52. The third kappa shape index (κ3) is 23.6. The van der Waals surface area contributed by atoms with Gasteiger partial charge in [-0.15, -0.1) is 13.2 Å². The Labute approximate surface area is 328 Å². The maximum Gasteiger partial charge on any atom is 0.475 e. The molecule has 1 heterocycles. The number of carbonyl (C=O) groups is 1. The van der Waals surface area contributed by atoms with Crippen LogP contribution in [0.25, 0.3) is 0 Å². The molecule has 0 saturated carbocycles. The molecule has 1 aliphatic rings. The molecule has 2 N–H and O–H groups in total. The van der Waals surface area contributed by atoms with Crippen molar-refractivity contribution in [3.8, 4) is 0 Å². The fourth-order valence-electron chi connectivity index (χ4n) is 6.54. The molecule has 12 heteroatoms. The smallest absolute Gasteiger partial charge is 0.382 e. The summed E-state index contributed by atoms with van der Waals surface area (Å²) in [5, 5.41) is 14.2. The molecule has 0 aromatic rings. The summed E-state index contributed by atoms with van der Waals surface area (Å²) in [6.45, 7) is 11.7. The van der Waals surface area contributed by atoms with E-state index in [-0.39, 0.29) is 38.4 Å². The van der Waals surface area contributed by atoms with Gasteiger partial charge < -0.3 is 29.4 Å². The summed E-state index contributed by atoms with van der Waals surface area (Å²) in [7, 11) is -1.03. The monoisotopic (exact) mass is 788 g/mol. The average Bonchev–Trinajstić information content (AvgIpc) is 3.16. The number of methoxy groups -OCH3 is 2. The summed E-state index contributed by atoms with van der Waals surface area (Å²) >= 11 is 0. The van der Waals surface area contributed by atoms with E-state index in [0.717, 1.165) is 51.4 Å². The minimum Gasteiger partial charge on any atom is -0.382 e. The normalized spacial score (nSPS) is 21.0. The highest BCUT2D eigenvalue weighted by atomic mass is 31.2. The van der Waals surface area contributed by atoms with Crippen molar-refractivity contribution in [1.82, 2.24) is 5.32 Å². The number of hydrogen-bond acceptors (Lipinski definition) is 10. The van der Waals surface area contributed by atoms with Gasteiger partial charge in [-0.25, -0.2) is 4.57 Å². The number of aliphatic hydroxyl groups excluding tert-OH is 1. The fraction of sp³-hybridized carbons (Fsp3) is 0.833. The predicted molar refractivity (Wildman–Crippen MR) is 217 cm³/mol. The molecular formula is C42H78NO10P. The summed E-state index contributed by atoms with van der Waals surface area (Å²) < 4.78 is 54.4. The molecule has 1 amide bonds. The number of nitrogens with one attached hydrogen (secondary N) is 1. The van der Waals surface area contributed by atoms with Crippen molar-refractivity contribution in [3.05, 3.63) is 37.5 Å². The van der Waals surface area contributed by atoms with Crippen LogP contribution in [0.2, 0.25) is 0 Å². The Hall–Kier alpha value is -1.40. The highest BCUT2D eigenvalue weighted by molar-refractivity contribution is 7.48. The van der Waals surface area contributed by atoms with Crippen LogP contribution in [0.4, 0.5) is 0 Å². The van der Waals surface area contributed by atoms with Crippen molar-refractivity contribution in [3.63, 3.8) is 0 Å². The molecule has 0 aliphatic carbocycles. The van der Waals surface area contributed by atoms with E-state index in [1.54, 1.807) is 7.11 Å². The molecule has 1 fully saturated rings. The van der Waals surface area contributed by atoms with Crippen LogP contribution < -0.4 is 5.32 Å². The largest absolute Gasteiger partial charge is 0.475 e. The maximum absolute atomic E-state index is 13.8. The van der Waals surface area contributed by atoms with Crippen LogP contribution in [-0.4, -0.2) is 88.4 Å². The van der Waals surface area contributed by atoms with Crippen LogP contribution in [-0.2, 0) is 41.9 Å². The van der Waals surface area contributed by atoms with Gasteiger partial charge in [0.2, 0.25) is 5.91 Å². The van der Waals surface area contributed by atoms with Crippen LogP contribution in [0.1, 0.15) is 149 Å². The first-order chi connectivity index (χ1) is 26.3. The van der Waals surface area contributed by atoms with Crippen LogP contribution in [0.3, 0.4) is 0 Å². The van der Waals surface area contributed by atoms with Gasteiger partial charge in [-0.05, 0) is 44.9 Å². The number of carbonyl (C=O) groups excluding carboxylic acids is 1. The summed E-state index contributed by atoms with van der Waals surface area (Å²) in [6.07, 6.45) is 25.7. The third-order valence-corrected chi connectivity index (χ3v) is 11.1. The zero-order valence-electron chi connectivity index (χ0n) is 34.4. The van der Waals surface area contributed by atoms with Crippen molar-refractivity contribution in [2.45, 2.75) is 185 Å². The number of unbranched alkanes of at least 4 members (excludes halogenated alkanes) is 15. The lowest BCUT2D eigenvalue weighted by molar-refractivity contribution is -0.261. The molecule has 0 radical (unpaired) electrons. The van der Waals surface area contributed by atoms with Gasteiger partial charge in [-0.2, -0.15) is 0 Å². The Morgan fingerprint density at radius 1 is 0.796 bits per heavy atom. The number of allylic oxidation sites excluding steroid dienone is 2. The number of rotatable bonds is 37. The van der Waals surface area contributed by atoms with Gasteiger partial charge in [0.05, 0.1) is 25.9 Å². The van der Waals surface area contributed by atoms with Gasteiger partial charge in [-0.1, -0.05) is 122 Å². The second-order valence-corrected chi connectivity index (χ2v) is 15.9. The van der Waals surface area contributed by atoms with Crippen molar-refractivity contribution < 1.29 is 47.0 Å². The zero-order chi connectivity index (χ0) is 39.7. The van der Waals surface area contributed by atoms with E-state index in [9.17, 15) is 14.5 Å². The second-order valence-electron chi connectivity index (χ2n) is 14.3. The molecule has 0 bridgehead atoms. The summed E-state index contributed by atoms with van der Waals surface area (Å²) in [4.78, 5) is 13.3. The van der Waals surface area contributed by atoms with E-state index in [4.69, 9.17) is 32.5 Å². The van der Waals surface area contributed by atoms with Crippen molar-refractivity contribution >= 4 is 13.7 Å². The van der Waals surface area contributed by atoms with Gasteiger partial charge in [0.15, 0.2) is 6.29 Å². The van der Waals surface area contributed by atoms with E-state index in [0.29, 0.717) is 12.8 Å². The standard InChI is InChI=1S/C42H78NO10P/c1-7-11-13-15-16-17-18-19-20-21-22-23-24-26-28-30-38(44)43-39-41(49-34-31-36(48-6)29-27-25-14-12-8-2)40(37(35-47-5)52-42(39)45)53-54(46,50-32-9-3)51-33-10-4/h9-10,17-18,36-37,39-42,45H,3-4,7-8,11-16,19-35H2,1-2,5-6H3,(H,43,44)/b18-17-/t36?,37?,39-,40-,41?,42-/m1/s1. The number of hydrogen-bond donors (Lipinski definition) is 2. The first kappa shape index (κ1) is 50.6. The molecule has 54 heavy (non-hydrogen) atoms. The minimum absolute atomic E-state index is 0.0144. The second kappa shape index (κ2) is 33.7. The summed E-state index contributed by atoms with van der Waals surface area (Å²) in [5.74, 6) is -0.238. The molecular weight excluding hydrogens is 709 g/mol. The molecule has 0 spiro atoms. The van der Waals surface area contributed by atoms with E-state index in [2.05, 4.69) is 44.5 Å². The number of ether oxygens (including phenoxy) is 4. The van der Waals surface area contributed by atoms with Gasteiger partial charge in [0.1, 0.15) is 24.4 Å². The molecule has 1 rings (SSSR count). The summed E-state index contributed by atoms with van der Waals surface area (Å²) in [5.41, 5.74) is 0. The number of amides is 1. The third-order valence-electron chi connectivity index (χ3n) is 9.65. The highest BCUT2D eigenvalue weighted by Gasteiger charge is 2.51. The Kier molecular flexibility index (Phi) is 31.6. The van der Waals surface area contributed by atoms with Gasteiger partial charge in [0, 0.05) is 27.2 Å². The lowest BCUT2D eigenvalue weighted by Crippen LogP contribution is -2.65. The number of phosphoric acid groups is 1. The van der Waals surface area contributed by atoms with Crippen molar-refractivity contribution in [2.75, 3.05) is 40.6 Å². The van der Waals surface area contributed by atoms with E-state index >= 15 is 0 Å². The van der Waals surface area contributed by atoms with Crippen LogP contribution in [0.5, 0.6) is 0 Å². The first-order valence-electron chi connectivity index (χ1n) is 21.0. The van der Waals surface area contributed by atoms with Gasteiger partial charge in [-0.3, -0.25) is 18.4 Å². The SMILES string of the molecule is C=CCOP(=O)(OCC=C)O[C@@H]1C(COC)O[C@@H](O)[C@H](NC(=O)CCCCCCCCC/C=C\CCCCCC)C1OCCC(CCCCCCC)OC. The van der Waals surface area contributed by atoms with E-state index in [1.165, 1.54) is 89.9 Å². The molecule has 0 aromatic heterocycles. The lowest BCUT2D eigenvalue weighted by atomic mass is 9.96. The first-order valence-corrected chi connectivity index (χ1v) is 22.5. The molecule has 0 aromatic carbocycles. The fourth-order valence-corrected chi connectivity index (χ4v) is 7.86. The number of phosphoric ester groups is 1.